The minimum Gasteiger partial charge on any atom is -0.330 e. The molecule has 2 aliphatic rings. The van der Waals surface area contributed by atoms with Crippen LogP contribution in [0.15, 0.2) is 24.3 Å². The molecule has 0 aliphatic carbocycles. The predicted octanol–water partition coefficient (Wildman–Crippen LogP) is 3.22. The van der Waals surface area contributed by atoms with Crippen LogP contribution in [0.3, 0.4) is 0 Å². The Balaban J connectivity index is 0.00000210. The molecule has 0 radical (unpaired) electrons. The van der Waals surface area contributed by atoms with Crippen LogP contribution in [0.2, 0.25) is 0 Å². The molecule has 2 saturated heterocycles. The maximum Gasteiger partial charge on any atom is 0.276 e. The van der Waals surface area contributed by atoms with Gasteiger partial charge < -0.3 is 10.2 Å². The Morgan fingerprint density at radius 2 is 1.96 bits per heavy atom. The summed E-state index contributed by atoms with van der Waals surface area (Å²) in [5, 5.41) is 12.0. The summed E-state index contributed by atoms with van der Waals surface area (Å²) in [4.78, 5) is 15.2. The third-order valence-corrected chi connectivity index (χ3v) is 5.73. The zero-order valence-electron chi connectivity index (χ0n) is 16.0. The van der Waals surface area contributed by atoms with Crippen molar-refractivity contribution in [1.29, 1.82) is 0 Å². The monoisotopic (exact) mass is 389 g/mol. The van der Waals surface area contributed by atoms with Gasteiger partial charge in [0.2, 0.25) is 0 Å². The number of rotatable bonds is 3. The lowest BCUT2D eigenvalue weighted by Crippen LogP contribution is -2.32. The summed E-state index contributed by atoms with van der Waals surface area (Å²) in [6, 6.07) is 8.97. The van der Waals surface area contributed by atoms with Crippen molar-refractivity contribution in [3.63, 3.8) is 0 Å². The second-order valence-electron chi connectivity index (χ2n) is 7.52. The highest BCUT2D eigenvalue weighted by Crippen LogP contribution is 2.34. The number of carbonyl (C=O) groups excluding carboxylic acids is 1. The van der Waals surface area contributed by atoms with Crippen molar-refractivity contribution in [1.82, 2.24) is 25.2 Å². The summed E-state index contributed by atoms with van der Waals surface area (Å²) in [6.45, 7) is 6.85. The standard InChI is InChI=1S/C20H27N5O.ClH/c1-14-5-3-6-16(13-14)18-7-4-12-24(18)20(26)19-15(2)25(23-22-19)17-8-10-21-11-9-17;/h3,5-6,13,17-18,21H,4,7-12H2,1-2H3;1H. The first-order valence-electron chi connectivity index (χ1n) is 9.65. The molecule has 27 heavy (non-hydrogen) atoms. The lowest BCUT2D eigenvalue weighted by Gasteiger charge is -2.25. The smallest absolute Gasteiger partial charge is 0.276 e. The first-order valence-corrected chi connectivity index (χ1v) is 9.65. The molecular weight excluding hydrogens is 362 g/mol. The predicted molar refractivity (Wildman–Crippen MR) is 107 cm³/mol. The Kier molecular flexibility index (Phi) is 6.17. The average Bonchev–Trinajstić information content (AvgIpc) is 3.29. The van der Waals surface area contributed by atoms with E-state index in [-0.39, 0.29) is 24.4 Å². The summed E-state index contributed by atoms with van der Waals surface area (Å²) in [5.41, 5.74) is 3.87. The van der Waals surface area contributed by atoms with E-state index in [0.717, 1.165) is 51.0 Å². The summed E-state index contributed by atoms with van der Waals surface area (Å²) < 4.78 is 1.96. The second-order valence-corrected chi connectivity index (χ2v) is 7.52. The van der Waals surface area contributed by atoms with Crippen LogP contribution in [0, 0.1) is 13.8 Å². The van der Waals surface area contributed by atoms with Crippen molar-refractivity contribution in [2.45, 2.75) is 51.6 Å². The molecule has 1 unspecified atom stereocenters. The van der Waals surface area contributed by atoms with Gasteiger partial charge in [0.25, 0.3) is 5.91 Å². The molecule has 1 atom stereocenters. The fraction of sp³-hybridized carbons (Fsp3) is 0.550. The molecule has 2 aliphatic heterocycles. The van der Waals surface area contributed by atoms with E-state index in [1.54, 1.807) is 0 Å². The van der Waals surface area contributed by atoms with E-state index in [4.69, 9.17) is 0 Å². The lowest BCUT2D eigenvalue weighted by atomic mass is 10.0. The van der Waals surface area contributed by atoms with Crippen LogP contribution in [0.4, 0.5) is 0 Å². The minimum atomic E-state index is 0. The molecule has 1 aromatic carbocycles. The molecule has 1 amide bonds. The molecule has 0 saturated carbocycles. The van der Waals surface area contributed by atoms with Crippen LogP contribution in [0.1, 0.15) is 65.1 Å². The average molecular weight is 390 g/mol. The largest absolute Gasteiger partial charge is 0.330 e. The number of likely N-dealkylation sites (tertiary alicyclic amines) is 1. The SMILES string of the molecule is Cc1cccc(C2CCCN2C(=O)c2nnn(C3CCNCC3)c2C)c1.Cl. The molecule has 6 nitrogen and oxygen atoms in total. The first-order chi connectivity index (χ1) is 12.6. The quantitative estimate of drug-likeness (QED) is 0.875. The number of hydrogen-bond acceptors (Lipinski definition) is 4. The van der Waals surface area contributed by atoms with Crippen LogP contribution >= 0.6 is 12.4 Å². The number of amides is 1. The molecule has 0 bridgehead atoms. The van der Waals surface area contributed by atoms with Gasteiger partial charge >= 0.3 is 0 Å². The van der Waals surface area contributed by atoms with Crippen molar-refractivity contribution in [3.8, 4) is 0 Å². The van der Waals surface area contributed by atoms with Gasteiger partial charge in [-0.3, -0.25) is 4.79 Å². The number of aromatic nitrogens is 3. The third kappa shape index (κ3) is 3.87. The Morgan fingerprint density at radius 3 is 2.70 bits per heavy atom. The summed E-state index contributed by atoms with van der Waals surface area (Å²) >= 11 is 0. The molecule has 4 rings (SSSR count). The number of aryl methyl sites for hydroxylation is 1. The van der Waals surface area contributed by atoms with Gasteiger partial charge in [-0.2, -0.15) is 0 Å². The van der Waals surface area contributed by atoms with Crippen LogP contribution in [0.25, 0.3) is 0 Å². The molecular formula is C20H28ClN5O. The molecule has 146 valence electrons. The van der Waals surface area contributed by atoms with Crippen LogP contribution in [-0.2, 0) is 0 Å². The van der Waals surface area contributed by atoms with E-state index < -0.39 is 0 Å². The highest BCUT2D eigenvalue weighted by atomic mass is 35.5. The zero-order chi connectivity index (χ0) is 18.1. The highest BCUT2D eigenvalue weighted by molar-refractivity contribution is 5.93. The summed E-state index contributed by atoms with van der Waals surface area (Å²) in [6.07, 6.45) is 4.11. The molecule has 7 heteroatoms. The molecule has 3 heterocycles. The maximum absolute atomic E-state index is 13.2. The molecule has 1 N–H and O–H groups in total. The van der Waals surface area contributed by atoms with Crippen molar-refractivity contribution in [2.24, 2.45) is 0 Å². The number of hydrogen-bond donors (Lipinski definition) is 1. The van der Waals surface area contributed by atoms with E-state index in [0.29, 0.717) is 11.7 Å². The van der Waals surface area contributed by atoms with E-state index in [9.17, 15) is 4.79 Å². The first kappa shape index (κ1) is 19.8. The molecule has 0 spiro atoms. The van der Waals surface area contributed by atoms with Gasteiger partial charge in [-0.05, 0) is 58.2 Å². The van der Waals surface area contributed by atoms with Crippen molar-refractivity contribution >= 4 is 18.3 Å². The summed E-state index contributed by atoms with van der Waals surface area (Å²) in [5.74, 6) is 0.0201. The van der Waals surface area contributed by atoms with Crippen LogP contribution in [-0.4, -0.2) is 45.4 Å². The normalized spacial score (nSPS) is 20.5. The fourth-order valence-corrected chi connectivity index (χ4v) is 4.31. The van der Waals surface area contributed by atoms with E-state index in [1.807, 2.05) is 16.5 Å². The van der Waals surface area contributed by atoms with Crippen LogP contribution in [0.5, 0.6) is 0 Å². The van der Waals surface area contributed by atoms with Crippen LogP contribution < -0.4 is 5.32 Å². The van der Waals surface area contributed by atoms with Gasteiger partial charge in [-0.1, -0.05) is 35.0 Å². The molecule has 1 aromatic heterocycles. The molecule has 2 aromatic rings. The topological polar surface area (TPSA) is 63.1 Å². The Bertz CT molecular complexity index is 799. The number of halogens is 1. The summed E-state index contributed by atoms with van der Waals surface area (Å²) in [7, 11) is 0. The van der Waals surface area contributed by atoms with Gasteiger partial charge in [-0.15, -0.1) is 17.5 Å². The van der Waals surface area contributed by atoms with Gasteiger partial charge in [0, 0.05) is 6.54 Å². The van der Waals surface area contributed by atoms with Crippen molar-refractivity contribution in [3.05, 3.63) is 46.8 Å². The Hall–Kier alpha value is -1.92. The van der Waals surface area contributed by atoms with Gasteiger partial charge in [0.15, 0.2) is 5.69 Å². The van der Waals surface area contributed by atoms with Crippen molar-refractivity contribution in [2.75, 3.05) is 19.6 Å². The van der Waals surface area contributed by atoms with E-state index >= 15 is 0 Å². The van der Waals surface area contributed by atoms with Gasteiger partial charge in [0.05, 0.1) is 17.8 Å². The van der Waals surface area contributed by atoms with E-state index in [2.05, 4.69) is 46.8 Å². The fourth-order valence-electron chi connectivity index (χ4n) is 4.31. The number of carbonyl (C=O) groups is 1. The Labute approximate surface area is 166 Å². The van der Waals surface area contributed by atoms with E-state index in [1.165, 1.54) is 11.1 Å². The van der Waals surface area contributed by atoms with Crippen molar-refractivity contribution < 1.29 is 4.79 Å². The number of piperidine rings is 1. The third-order valence-electron chi connectivity index (χ3n) is 5.73. The second kappa shape index (κ2) is 8.40. The minimum absolute atomic E-state index is 0. The zero-order valence-corrected chi connectivity index (χ0v) is 16.8. The number of nitrogens with one attached hydrogen (secondary N) is 1. The molecule has 2 fully saturated rings. The van der Waals surface area contributed by atoms with Gasteiger partial charge in [-0.25, -0.2) is 4.68 Å². The Morgan fingerprint density at radius 1 is 1.19 bits per heavy atom. The number of nitrogens with zero attached hydrogens (tertiary/aromatic N) is 4. The highest BCUT2D eigenvalue weighted by Gasteiger charge is 2.33. The van der Waals surface area contributed by atoms with Gasteiger partial charge in [0.1, 0.15) is 0 Å². The number of benzene rings is 1. The maximum atomic E-state index is 13.2. The lowest BCUT2D eigenvalue weighted by molar-refractivity contribution is 0.0728.